The molecule has 1 rings (SSSR count). The average molecular weight is 311 g/mol. The normalized spacial score (nSPS) is 12.1. The molecule has 0 bridgehead atoms. The van der Waals surface area contributed by atoms with E-state index in [0.717, 1.165) is 6.08 Å². The summed E-state index contributed by atoms with van der Waals surface area (Å²) in [6.45, 7) is 3.22. The van der Waals surface area contributed by atoms with E-state index in [2.05, 4.69) is 0 Å². The van der Waals surface area contributed by atoms with Crippen molar-refractivity contribution >= 4 is 35.4 Å². The average Bonchev–Trinajstić information content (AvgIpc) is 2.44. The van der Waals surface area contributed by atoms with Crippen LogP contribution >= 0.6 is 11.6 Å². The fourth-order valence-corrected chi connectivity index (χ4v) is 1.78. The number of Topliss-reactive ketones (excluding diaryl/α,β-unsaturated/α-hetero) is 1. The Balaban J connectivity index is 3.28. The van der Waals surface area contributed by atoms with E-state index >= 15 is 0 Å². The smallest absolute Gasteiger partial charge is 0.338 e. The largest absolute Gasteiger partial charge is 0.478 e. The number of benzene rings is 1. The molecule has 1 N–H and O–H groups in total. The zero-order valence-electron chi connectivity index (χ0n) is 11.6. The number of ketones is 1. The first-order valence-electron chi connectivity index (χ1n) is 6.22. The van der Waals surface area contributed by atoms with E-state index in [4.69, 9.17) is 21.4 Å². The summed E-state index contributed by atoms with van der Waals surface area (Å²) < 4.78 is 4.90. The minimum atomic E-state index is -1.12. The molecule has 0 spiro atoms. The molecule has 0 amide bonds. The Morgan fingerprint density at radius 3 is 2.52 bits per heavy atom. The van der Waals surface area contributed by atoms with Gasteiger partial charge in [0.2, 0.25) is 0 Å². The van der Waals surface area contributed by atoms with Crippen molar-refractivity contribution in [3.05, 3.63) is 41.0 Å². The van der Waals surface area contributed by atoms with Crippen LogP contribution in [-0.4, -0.2) is 29.4 Å². The molecule has 6 heteroatoms. The molecule has 0 aliphatic carbocycles. The van der Waals surface area contributed by atoms with Gasteiger partial charge in [-0.05, 0) is 49.2 Å². The zero-order valence-corrected chi connectivity index (χ0v) is 12.4. The lowest BCUT2D eigenvalue weighted by Gasteiger charge is -2.10. The second-order valence-corrected chi connectivity index (χ2v) is 4.69. The number of carboxylic acids is 1. The van der Waals surface area contributed by atoms with Crippen molar-refractivity contribution in [1.82, 2.24) is 0 Å². The highest BCUT2D eigenvalue weighted by Crippen LogP contribution is 2.25. The van der Waals surface area contributed by atoms with Gasteiger partial charge < -0.3 is 9.84 Å². The minimum absolute atomic E-state index is 0.209. The van der Waals surface area contributed by atoms with Gasteiger partial charge >= 0.3 is 11.9 Å². The number of aliphatic carboxylic acids is 1. The van der Waals surface area contributed by atoms with E-state index in [1.807, 2.05) is 0 Å². The Morgan fingerprint density at radius 1 is 1.33 bits per heavy atom. The fraction of sp³-hybridized carbons (Fsp3) is 0.267. The lowest BCUT2D eigenvalue weighted by Crippen LogP contribution is -2.08. The molecule has 21 heavy (non-hydrogen) atoms. The number of carbonyl (C=O) groups is 3. The van der Waals surface area contributed by atoms with Gasteiger partial charge in [0.15, 0.2) is 5.78 Å². The molecule has 1 aromatic carbocycles. The number of esters is 1. The highest BCUT2D eigenvalue weighted by molar-refractivity contribution is 6.30. The number of carbonyl (C=O) groups excluding carboxylic acids is 2. The Hall–Kier alpha value is -2.14. The third-order valence-electron chi connectivity index (χ3n) is 2.56. The predicted octanol–water partition coefficient (Wildman–Crippen LogP) is 2.83. The number of alkyl halides is 1. The SMILES string of the molecule is CCOC(=O)c1cc(/C=C/C(=O)O)cc(C(Cl)C(C)=O)c1. The third-order valence-corrected chi connectivity index (χ3v) is 3.12. The first kappa shape index (κ1) is 16.9. The second kappa shape index (κ2) is 7.59. The Kier molecular flexibility index (Phi) is 6.11. The molecule has 1 aromatic rings. The van der Waals surface area contributed by atoms with Crippen molar-refractivity contribution in [3.63, 3.8) is 0 Å². The summed E-state index contributed by atoms with van der Waals surface area (Å²) in [7, 11) is 0. The van der Waals surface area contributed by atoms with Crippen molar-refractivity contribution in [2.45, 2.75) is 19.2 Å². The predicted molar refractivity (Wildman–Crippen MR) is 78.3 cm³/mol. The molecule has 0 saturated heterocycles. The van der Waals surface area contributed by atoms with Crippen molar-refractivity contribution in [1.29, 1.82) is 0 Å². The Morgan fingerprint density at radius 2 is 2.00 bits per heavy atom. The maximum absolute atomic E-state index is 11.8. The summed E-state index contributed by atoms with van der Waals surface area (Å²) in [5, 5.41) is 7.74. The quantitative estimate of drug-likeness (QED) is 0.496. The van der Waals surface area contributed by atoms with Gasteiger partial charge in [0.05, 0.1) is 12.2 Å². The fourth-order valence-electron chi connectivity index (χ4n) is 1.65. The van der Waals surface area contributed by atoms with Gasteiger partial charge in [-0.1, -0.05) is 0 Å². The molecule has 0 saturated carbocycles. The van der Waals surface area contributed by atoms with Crippen LogP contribution in [0.15, 0.2) is 24.3 Å². The third kappa shape index (κ3) is 5.04. The summed E-state index contributed by atoms with van der Waals surface area (Å²) in [4.78, 5) is 33.7. The van der Waals surface area contributed by atoms with E-state index in [0.29, 0.717) is 11.1 Å². The molecule has 0 radical (unpaired) electrons. The number of rotatable bonds is 6. The van der Waals surface area contributed by atoms with E-state index in [-0.39, 0.29) is 18.0 Å². The molecule has 0 aliphatic heterocycles. The van der Waals surface area contributed by atoms with Crippen molar-refractivity contribution in [2.75, 3.05) is 6.61 Å². The second-order valence-electron chi connectivity index (χ2n) is 4.25. The van der Waals surface area contributed by atoms with Gasteiger partial charge in [-0.15, -0.1) is 11.6 Å². The first-order valence-corrected chi connectivity index (χ1v) is 6.66. The molecule has 0 heterocycles. The molecular weight excluding hydrogens is 296 g/mol. The van der Waals surface area contributed by atoms with Gasteiger partial charge in [-0.2, -0.15) is 0 Å². The highest BCUT2D eigenvalue weighted by Gasteiger charge is 2.17. The lowest BCUT2D eigenvalue weighted by atomic mass is 10.0. The molecule has 1 unspecified atom stereocenters. The number of hydrogen-bond donors (Lipinski definition) is 1. The van der Waals surface area contributed by atoms with Crippen LogP contribution < -0.4 is 0 Å². The molecule has 0 aliphatic rings. The first-order chi connectivity index (χ1) is 9.85. The van der Waals surface area contributed by atoms with Crippen LogP contribution in [0.3, 0.4) is 0 Å². The highest BCUT2D eigenvalue weighted by atomic mass is 35.5. The molecule has 112 valence electrons. The minimum Gasteiger partial charge on any atom is -0.478 e. The van der Waals surface area contributed by atoms with Crippen LogP contribution in [0.2, 0.25) is 0 Å². The number of hydrogen-bond acceptors (Lipinski definition) is 4. The molecule has 0 aromatic heterocycles. The van der Waals surface area contributed by atoms with Gasteiger partial charge in [0.25, 0.3) is 0 Å². The van der Waals surface area contributed by atoms with E-state index < -0.39 is 17.3 Å². The lowest BCUT2D eigenvalue weighted by molar-refractivity contribution is -0.131. The number of ether oxygens (including phenoxy) is 1. The number of carboxylic acid groups (broad SMARTS) is 1. The van der Waals surface area contributed by atoms with E-state index in [1.165, 1.54) is 25.1 Å². The molecule has 0 fully saturated rings. The topological polar surface area (TPSA) is 80.7 Å². The van der Waals surface area contributed by atoms with Crippen LogP contribution in [-0.2, 0) is 14.3 Å². The van der Waals surface area contributed by atoms with Crippen LogP contribution in [0.4, 0.5) is 0 Å². The maximum Gasteiger partial charge on any atom is 0.338 e. The number of halogens is 1. The van der Waals surface area contributed by atoms with Crippen LogP contribution in [0.5, 0.6) is 0 Å². The van der Waals surface area contributed by atoms with Crippen LogP contribution in [0.1, 0.15) is 40.7 Å². The Bertz CT molecular complexity index is 592. The summed E-state index contributed by atoms with van der Waals surface area (Å²) in [6.07, 6.45) is 2.25. The van der Waals surface area contributed by atoms with Crippen LogP contribution in [0, 0.1) is 0 Å². The van der Waals surface area contributed by atoms with Crippen molar-refractivity contribution in [3.8, 4) is 0 Å². The van der Waals surface area contributed by atoms with Crippen LogP contribution in [0.25, 0.3) is 6.08 Å². The van der Waals surface area contributed by atoms with Crippen molar-refractivity contribution in [2.24, 2.45) is 0 Å². The molecule has 5 nitrogen and oxygen atoms in total. The molecular formula is C15H15ClO5. The zero-order chi connectivity index (χ0) is 16.0. The van der Waals surface area contributed by atoms with Crippen molar-refractivity contribution < 1.29 is 24.2 Å². The van der Waals surface area contributed by atoms with E-state index in [1.54, 1.807) is 13.0 Å². The summed E-state index contributed by atoms with van der Waals surface area (Å²) in [5.41, 5.74) is 1.08. The maximum atomic E-state index is 11.8. The summed E-state index contributed by atoms with van der Waals surface area (Å²) in [5.74, 6) is -1.95. The summed E-state index contributed by atoms with van der Waals surface area (Å²) in [6, 6.07) is 4.50. The standard InChI is InChI=1S/C15H15ClO5/c1-3-21-15(20)12-7-10(4-5-13(18)19)6-11(8-12)14(16)9(2)17/h4-8,14H,3H2,1-2H3,(H,18,19)/b5-4+. The van der Waals surface area contributed by atoms with Gasteiger partial charge in [-0.25, -0.2) is 9.59 Å². The summed E-state index contributed by atoms with van der Waals surface area (Å²) >= 11 is 5.99. The molecule has 1 atom stereocenters. The van der Waals surface area contributed by atoms with E-state index in [9.17, 15) is 14.4 Å². The Labute approximate surface area is 127 Å². The van der Waals surface area contributed by atoms with Gasteiger partial charge in [-0.3, -0.25) is 4.79 Å². The van der Waals surface area contributed by atoms with Gasteiger partial charge in [0.1, 0.15) is 5.38 Å². The monoisotopic (exact) mass is 310 g/mol. The van der Waals surface area contributed by atoms with Gasteiger partial charge in [0, 0.05) is 6.08 Å².